The van der Waals surface area contributed by atoms with Gasteiger partial charge in [-0.3, -0.25) is 4.98 Å². The maximum Gasteiger partial charge on any atom is 0.171 e. The Kier molecular flexibility index (Phi) is 5.08. The zero-order chi connectivity index (χ0) is 15.4. The Balaban J connectivity index is 1.76. The number of hydrogen-bond acceptors (Lipinski definition) is 5. The van der Waals surface area contributed by atoms with E-state index in [1.807, 2.05) is 6.07 Å². The fourth-order valence-electron chi connectivity index (χ4n) is 2.39. The van der Waals surface area contributed by atoms with Gasteiger partial charge in [-0.25, -0.2) is 9.97 Å². The molecule has 1 N–H and O–H groups in total. The van der Waals surface area contributed by atoms with Gasteiger partial charge >= 0.3 is 0 Å². The molecule has 0 bridgehead atoms. The van der Waals surface area contributed by atoms with Crippen LogP contribution in [0.4, 0.5) is 5.82 Å². The second kappa shape index (κ2) is 7.22. The zero-order valence-corrected chi connectivity index (χ0v) is 13.4. The van der Waals surface area contributed by atoms with Crippen LogP contribution in [0.25, 0.3) is 11.3 Å². The average Bonchev–Trinajstić information content (AvgIpc) is 2.56. The second-order valence-electron chi connectivity index (χ2n) is 5.19. The first-order valence-electron chi connectivity index (χ1n) is 7.18. The molecule has 0 amide bonds. The number of ether oxygens (including phenoxy) is 1. The summed E-state index contributed by atoms with van der Waals surface area (Å²) in [6.07, 6.45) is 6.97. The number of halogens is 2. The predicted molar refractivity (Wildman–Crippen MR) is 87.3 cm³/mol. The van der Waals surface area contributed by atoms with Gasteiger partial charge in [-0.05, 0) is 24.8 Å². The van der Waals surface area contributed by atoms with Crippen molar-refractivity contribution in [1.82, 2.24) is 15.0 Å². The van der Waals surface area contributed by atoms with Gasteiger partial charge in [-0.1, -0.05) is 23.2 Å². The highest BCUT2D eigenvalue weighted by Gasteiger charge is 2.15. The summed E-state index contributed by atoms with van der Waals surface area (Å²) in [7, 11) is 0. The highest BCUT2D eigenvalue weighted by Crippen LogP contribution is 2.28. The van der Waals surface area contributed by atoms with Crippen molar-refractivity contribution in [3.63, 3.8) is 0 Å². The first kappa shape index (κ1) is 15.5. The van der Waals surface area contributed by atoms with Crippen LogP contribution < -0.4 is 5.32 Å². The van der Waals surface area contributed by atoms with E-state index in [2.05, 4.69) is 20.3 Å². The lowest BCUT2D eigenvalue weighted by Gasteiger charge is -2.22. The summed E-state index contributed by atoms with van der Waals surface area (Å²) in [4.78, 5) is 12.7. The molecule has 0 saturated carbocycles. The highest BCUT2D eigenvalue weighted by molar-refractivity contribution is 6.33. The van der Waals surface area contributed by atoms with Crippen LogP contribution in [0.3, 0.4) is 0 Å². The number of pyridine rings is 1. The van der Waals surface area contributed by atoms with E-state index < -0.39 is 0 Å². The van der Waals surface area contributed by atoms with Gasteiger partial charge in [0.05, 0.1) is 16.9 Å². The molecule has 0 spiro atoms. The first-order chi connectivity index (χ1) is 10.7. The van der Waals surface area contributed by atoms with E-state index in [-0.39, 0.29) is 0 Å². The van der Waals surface area contributed by atoms with Crippen molar-refractivity contribution in [1.29, 1.82) is 0 Å². The Labute approximate surface area is 139 Å². The van der Waals surface area contributed by atoms with Gasteiger partial charge < -0.3 is 10.1 Å². The molecule has 0 atom stereocenters. The van der Waals surface area contributed by atoms with Crippen LogP contribution in [0.2, 0.25) is 10.2 Å². The molecule has 3 rings (SSSR count). The van der Waals surface area contributed by atoms with E-state index in [0.29, 0.717) is 27.6 Å². The summed E-state index contributed by atoms with van der Waals surface area (Å²) in [5.74, 6) is 1.15. The molecule has 2 aromatic rings. The second-order valence-corrected chi connectivity index (χ2v) is 5.95. The van der Waals surface area contributed by atoms with E-state index in [1.54, 1.807) is 18.6 Å². The number of aromatic nitrogens is 3. The molecule has 1 fully saturated rings. The maximum absolute atomic E-state index is 6.15. The van der Waals surface area contributed by atoms with E-state index >= 15 is 0 Å². The highest BCUT2D eigenvalue weighted by atomic mass is 35.5. The Morgan fingerprint density at radius 1 is 1.23 bits per heavy atom. The normalized spacial score (nSPS) is 15.7. The Hall–Kier alpha value is -1.43. The van der Waals surface area contributed by atoms with E-state index in [9.17, 15) is 0 Å². The Morgan fingerprint density at radius 3 is 2.82 bits per heavy atom. The lowest BCUT2D eigenvalue weighted by molar-refractivity contribution is 0.0699. The number of rotatable bonds is 4. The molecule has 2 aromatic heterocycles. The minimum atomic E-state index is 0.362. The monoisotopic (exact) mass is 338 g/mol. The van der Waals surface area contributed by atoms with E-state index in [4.69, 9.17) is 27.9 Å². The molecular formula is C15H16Cl2N4O. The topological polar surface area (TPSA) is 59.9 Å². The first-order valence-corrected chi connectivity index (χ1v) is 7.93. The SMILES string of the molecule is Clc1cnccc1-c1cnc(Cl)c(NCC2CCOCC2)n1. The standard InChI is InChI=1S/C15H16Cl2N4O/c16-12-8-18-4-1-11(12)13-9-19-14(17)15(21-13)20-7-10-2-5-22-6-3-10/h1,4,8-10H,2-3,5-7H2,(H,20,21). The van der Waals surface area contributed by atoms with Crippen LogP contribution in [0.5, 0.6) is 0 Å². The van der Waals surface area contributed by atoms with Gasteiger partial charge in [0.25, 0.3) is 0 Å². The lowest BCUT2D eigenvalue weighted by atomic mass is 10.0. The quantitative estimate of drug-likeness (QED) is 0.921. The molecule has 0 radical (unpaired) electrons. The predicted octanol–water partition coefficient (Wildman–Crippen LogP) is 3.68. The van der Waals surface area contributed by atoms with Crippen molar-refractivity contribution in [3.8, 4) is 11.3 Å². The van der Waals surface area contributed by atoms with Crippen LogP contribution >= 0.6 is 23.2 Å². The van der Waals surface area contributed by atoms with Crippen molar-refractivity contribution in [2.75, 3.05) is 25.1 Å². The summed E-state index contributed by atoms with van der Waals surface area (Å²) in [5, 5.41) is 4.19. The van der Waals surface area contributed by atoms with Crippen molar-refractivity contribution in [2.45, 2.75) is 12.8 Å². The van der Waals surface area contributed by atoms with Gasteiger partial charge in [0.15, 0.2) is 11.0 Å². The van der Waals surface area contributed by atoms with Crippen molar-refractivity contribution in [3.05, 3.63) is 34.8 Å². The molecule has 5 nitrogen and oxygen atoms in total. The molecule has 0 aromatic carbocycles. The molecule has 1 aliphatic rings. The summed E-state index contributed by atoms with van der Waals surface area (Å²) >= 11 is 12.3. The number of anilines is 1. The third-order valence-electron chi connectivity index (χ3n) is 3.68. The van der Waals surface area contributed by atoms with Crippen molar-refractivity contribution < 1.29 is 4.74 Å². The van der Waals surface area contributed by atoms with Gasteiger partial charge in [0, 0.05) is 37.7 Å². The Morgan fingerprint density at radius 2 is 2.05 bits per heavy atom. The molecule has 7 heteroatoms. The minimum Gasteiger partial charge on any atom is -0.381 e. The van der Waals surface area contributed by atoms with Crippen LogP contribution in [-0.4, -0.2) is 34.7 Å². The molecule has 116 valence electrons. The van der Waals surface area contributed by atoms with Crippen LogP contribution in [0.1, 0.15) is 12.8 Å². The average molecular weight is 339 g/mol. The minimum absolute atomic E-state index is 0.362. The smallest absolute Gasteiger partial charge is 0.171 e. The maximum atomic E-state index is 6.15. The third kappa shape index (κ3) is 3.66. The number of nitrogens with zero attached hydrogens (tertiary/aromatic N) is 3. The molecule has 3 heterocycles. The third-order valence-corrected chi connectivity index (χ3v) is 4.25. The molecule has 1 saturated heterocycles. The number of nitrogens with one attached hydrogen (secondary N) is 1. The van der Waals surface area contributed by atoms with Crippen molar-refractivity contribution >= 4 is 29.0 Å². The lowest BCUT2D eigenvalue weighted by Crippen LogP contribution is -2.23. The van der Waals surface area contributed by atoms with Gasteiger partial charge in [0.1, 0.15) is 0 Å². The largest absolute Gasteiger partial charge is 0.381 e. The Bertz CT molecular complexity index is 647. The molecule has 22 heavy (non-hydrogen) atoms. The summed E-state index contributed by atoms with van der Waals surface area (Å²) in [5.41, 5.74) is 1.46. The van der Waals surface area contributed by atoms with Gasteiger partial charge in [0.2, 0.25) is 0 Å². The summed E-state index contributed by atoms with van der Waals surface area (Å²) in [6, 6.07) is 1.81. The van der Waals surface area contributed by atoms with Gasteiger partial charge in [-0.2, -0.15) is 0 Å². The molecular weight excluding hydrogens is 323 g/mol. The molecule has 0 unspecified atom stereocenters. The van der Waals surface area contributed by atoms with Crippen LogP contribution in [-0.2, 0) is 4.74 Å². The zero-order valence-electron chi connectivity index (χ0n) is 11.9. The molecule has 1 aliphatic heterocycles. The van der Waals surface area contributed by atoms with Crippen LogP contribution in [0, 0.1) is 5.92 Å². The van der Waals surface area contributed by atoms with E-state index in [0.717, 1.165) is 38.2 Å². The van der Waals surface area contributed by atoms with Crippen molar-refractivity contribution in [2.24, 2.45) is 5.92 Å². The van der Waals surface area contributed by atoms with Crippen LogP contribution in [0.15, 0.2) is 24.7 Å². The van der Waals surface area contributed by atoms with Gasteiger partial charge in [-0.15, -0.1) is 0 Å². The summed E-state index contributed by atoms with van der Waals surface area (Å²) in [6.45, 7) is 2.45. The fraction of sp³-hybridized carbons (Fsp3) is 0.400. The van der Waals surface area contributed by atoms with E-state index in [1.165, 1.54) is 0 Å². The number of hydrogen-bond donors (Lipinski definition) is 1. The molecule has 0 aliphatic carbocycles. The summed E-state index contributed by atoms with van der Waals surface area (Å²) < 4.78 is 5.36. The fourth-order valence-corrected chi connectivity index (χ4v) is 2.77.